The fourth-order valence-corrected chi connectivity index (χ4v) is 2.70. The Morgan fingerprint density at radius 1 is 1.38 bits per heavy atom. The minimum atomic E-state index is -1.26. The Bertz CT molecular complexity index is 903. The number of allylic oxidation sites excluding steroid dienone is 3. The van der Waals surface area contributed by atoms with Gasteiger partial charge in [0.25, 0.3) is 0 Å². The van der Waals surface area contributed by atoms with Gasteiger partial charge in [-0.05, 0) is 31.1 Å². The van der Waals surface area contributed by atoms with Gasteiger partial charge in [0.05, 0.1) is 25.2 Å². The van der Waals surface area contributed by atoms with E-state index >= 15 is 0 Å². The Morgan fingerprint density at radius 2 is 2.04 bits per heavy atom. The van der Waals surface area contributed by atoms with Gasteiger partial charge in [-0.3, -0.25) is 4.68 Å². The summed E-state index contributed by atoms with van der Waals surface area (Å²) in [5, 5.41) is 22.4. The molecule has 2 aliphatic carbocycles. The van der Waals surface area contributed by atoms with Gasteiger partial charge in [0, 0.05) is 29.0 Å². The zero-order valence-corrected chi connectivity index (χ0v) is 14.5. The number of hydrogen-bond donors (Lipinski definition) is 3. The summed E-state index contributed by atoms with van der Waals surface area (Å²) in [7, 11) is 1.71. The summed E-state index contributed by atoms with van der Waals surface area (Å²) in [4.78, 5) is 19.1. The minimum absolute atomic E-state index is 0.101. The molecule has 2 aliphatic rings. The number of nitrogens with two attached hydrogens (primary N) is 1. The molecule has 3 rings (SSSR count). The Labute approximate surface area is 149 Å². The summed E-state index contributed by atoms with van der Waals surface area (Å²) in [6.45, 7) is 2.73. The summed E-state index contributed by atoms with van der Waals surface area (Å²) < 4.78 is 7.39. The number of fused-ring (bicyclic) bond motifs is 2. The smallest absolute Gasteiger partial charge is 0.328 e. The molecule has 1 heterocycles. The van der Waals surface area contributed by atoms with E-state index in [1.807, 2.05) is 23.9 Å². The second kappa shape index (κ2) is 8.30. The van der Waals surface area contributed by atoms with E-state index in [0.29, 0.717) is 12.2 Å². The molecule has 0 radical (unpaired) electrons. The Morgan fingerprint density at radius 3 is 2.58 bits per heavy atom. The van der Waals surface area contributed by atoms with Crippen molar-refractivity contribution in [2.45, 2.75) is 25.9 Å². The van der Waals surface area contributed by atoms with E-state index in [-0.39, 0.29) is 6.04 Å². The third-order valence-corrected chi connectivity index (χ3v) is 3.72. The summed E-state index contributed by atoms with van der Waals surface area (Å²) in [5.74, 6) is -1.58. The standard InChI is InChI=1S/C14H17N3O.C4H4O4/c1-9(15)8-17-13-6-11-10(12(13)7-16-17)4-3-5-14(11)18-2;5-3(6)1-2-4(7)8/h3,5-7,9H,4,8,15H2,1-2H3;1-2H,(H,5,6)(H,7,8). The third-order valence-electron chi connectivity index (χ3n) is 3.72. The lowest BCUT2D eigenvalue weighted by Gasteiger charge is -2.12. The van der Waals surface area contributed by atoms with Crippen LogP contribution in [0, 0.1) is 0 Å². The lowest BCUT2D eigenvalue weighted by Crippen LogP contribution is -2.33. The summed E-state index contributed by atoms with van der Waals surface area (Å²) in [5.41, 5.74) is 8.34. The normalized spacial score (nSPS) is 15.7. The zero-order valence-electron chi connectivity index (χ0n) is 14.5. The van der Waals surface area contributed by atoms with Crippen molar-refractivity contribution >= 4 is 23.6 Å². The van der Waals surface area contributed by atoms with Crippen LogP contribution in [0.5, 0.6) is 0 Å². The van der Waals surface area contributed by atoms with Crippen molar-refractivity contribution in [1.29, 1.82) is 0 Å². The third kappa shape index (κ3) is 4.48. The molecule has 1 atom stereocenters. The number of carboxylic acid groups (broad SMARTS) is 2. The number of rotatable bonds is 5. The predicted molar refractivity (Wildman–Crippen MR) is 95.2 cm³/mol. The summed E-state index contributed by atoms with van der Waals surface area (Å²) in [6.07, 6.45) is 10.3. The SMILES string of the molecule is COC1=C2C=c3c(cnn3CC(C)N)=C2CC=C1.O=C(O)C=CC(=O)O. The molecular weight excluding hydrogens is 338 g/mol. The van der Waals surface area contributed by atoms with Crippen LogP contribution in [0.2, 0.25) is 0 Å². The fourth-order valence-electron chi connectivity index (χ4n) is 2.70. The molecule has 8 heteroatoms. The molecule has 1 aromatic rings. The van der Waals surface area contributed by atoms with Gasteiger partial charge in [0.1, 0.15) is 5.76 Å². The van der Waals surface area contributed by atoms with Gasteiger partial charge >= 0.3 is 11.9 Å². The molecule has 0 bridgehead atoms. The topological polar surface area (TPSA) is 128 Å². The van der Waals surface area contributed by atoms with Gasteiger partial charge in [-0.1, -0.05) is 6.08 Å². The fraction of sp³-hybridized carbons (Fsp3) is 0.278. The lowest BCUT2D eigenvalue weighted by molar-refractivity contribution is -0.134. The minimum Gasteiger partial charge on any atom is -0.496 e. The number of methoxy groups -OCH3 is 1. The zero-order chi connectivity index (χ0) is 19.3. The van der Waals surface area contributed by atoms with E-state index in [9.17, 15) is 9.59 Å². The average molecular weight is 359 g/mol. The van der Waals surface area contributed by atoms with Gasteiger partial charge in [-0.25, -0.2) is 9.59 Å². The monoisotopic (exact) mass is 359 g/mol. The average Bonchev–Trinajstić information content (AvgIpc) is 3.13. The Hall–Kier alpha value is -3.13. The predicted octanol–water partition coefficient (Wildman–Crippen LogP) is -0.253. The molecule has 0 aromatic carbocycles. The summed E-state index contributed by atoms with van der Waals surface area (Å²) >= 11 is 0. The van der Waals surface area contributed by atoms with Crippen LogP contribution in [0.25, 0.3) is 11.6 Å². The molecule has 8 nitrogen and oxygen atoms in total. The van der Waals surface area contributed by atoms with E-state index in [0.717, 1.165) is 24.1 Å². The van der Waals surface area contributed by atoms with Crippen molar-refractivity contribution in [2.24, 2.45) is 5.73 Å². The number of ether oxygens (including phenoxy) is 1. The van der Waals surface area contributed by atoms with Crippen LogP contribution in [-0.4, -0.2) is 45.1 Å². The van der Waals surface area contributed by atoms with Crippen LogP contribution in [0.4, 0.5) is 0 Å². The van der Waals surface area contributed by atoms with Crippen molar-refractivity contribution in [3.8, 4) is 0 Å². The first kappa shape index (κ1) is 19.2. The van der Waals surface area contributed by atoms with Gasteiger partial charge in [0.2, 0.25) is 0 Å². The Balaban J connectivity index is 0.000000260. The van der Waals surface area contributed by atoms with Crippen molar-refractivity contribution in [1.82, 2.24) is 9.78 Å². The molecule has 0 saturated heterocycles. The van der Waals surface area contributed by atoms with E-state index in [1.54, 1.807) is 7.11 Å². The second-order valence-corrected chi connectivity index (χ2v) is 5.82. The van der Waals surface area contributed by atoms with Crippen molar-refractivity contribution in [3.05, 3.63) is 52.4 Å². The van der Waals surface area contributed by atoms with E-state index in [2.05, 4.69) is 17.3 Å². The van der Waals surface area contributed by atoms with Gasteiger partial charge < -0.3 is 20.7 Å². The van der Waals surface area contributed by atoms with Crippen LogP contribution in [-0.2, 0) is 20.9 Å². The van der Waals surface area contributed by atoms with Crippen LogP contribution in [0.15, 0.2) is 41.8 Å². The maximum absolute atomic E-state index is 9.55. The number of aromatic nitrogens is 2. The molecule has 0 amide bonds. The van der Waals surface area contributed by atoms with Gasteiger partial charge in [-0.15, -0.1) is 0 Å². The van der Waals surface area contributed by atoms with Crippen molar-refractivity contribution in [3.63, 3.8) is 0 Å². The van der Waals surface area contributed by atoms with Crippen LogP contribution in [0.1, 0.15) is 13.3 Å². The lowest BCUT2D eigenvalue weighted by atomic mass is 9.99. The number of carbonyl (C=O) groups is 2. The van der Waals surface area contributed by atoms with E-state index in [1.165, 1.54) is 16.4 Å². The molecule has 0 saturated carbocycles. The highest BCUT2D eigenvalue weighted by Gasteiger charge is 2.20. The first-order chi connectivity index (χ1) is 12.3. The van der Waals surface area contributed by atoms with E-state index < -0.39 is 11.9 Å². The highest BCUT2D eigenvalue weighted by molar-refractivity contribution is 5.89. The maximum Gasteiger partial charge on any atom is 0.328 e. The Kier molecular flexibility index (Phi) is 6.13. The van der Waals surface area contributed by atoms with E-state index in [4.69, 9.17) is 20.7 Å². The highest BCUT2D eigenvalue weighted by atomic mass is 16.5. The molecule has 1 unspecified atom stereocenters. The quantitative estimate of drug-likeness (QED) is 0.618. The van der Waals surface area contributed by atoms with Crippen molar-refractivity contribution in [2.75, 3.05) is 7.11 Å². The number of aliphatic carboxylic acids is 2. The molecule has 0 spiro atoms. The molecule has 0 aliphatic heterocycles. The molecule has 0 fully saturated rings. The molecule has 138 valence electrons. The number of carboxylic acids is 2. The largest absolute Gasteiger partial charge is 0.496 e. The van der Waals surface area contributed by atoms with Gasteiger partial charge in [-0.2, -0.15) is 5.10 Å². The number of nitrogens with zero attached hydrogens (tertiary/aromatic N) is 2. The first-order valence-corrected chi connectivity index (χ1v) is 7.95. The highest BCUT2D eigenvalue weighted by Crippen LogP contribution is 2.27. The number of hydrogen-bond acceptors (Lipinski definition) is 5. The van der Waals surface area contributed by atoms with Crippen molar-refractivity contribution < 1.29 is 24.5 Å². The van der Waals surface area contributed by atoms with Gasteiger partial charge in [0.15, 0.2) is 0 Å². The molecular formula is C18H21N3O5. The molecule has 26 heavy (non-hydrogen) atoms. The van der Waals surface area contributed by atoms with Crippen LogP contribution < -0.4 is 16.3 Å². The summed E-state index contributed by atoms with van der Waals surface area (Å²) in [6, 6.07) is 0.101. The first-order valence-electron chi connectivity index (χ1n) is 7.95. The molecule has 4 N–H and O–H groups in total. The van der Waals surface area contributed by atoms with Crippen LogP contribution >= 0.6 is 0 Å². The van der Waals surface area contributed by atoms with Crippen LogP contribution in [0.3, 0.4) is 0 Å². The maximum atomic E-state index is 9.55. The second-order valence-electron chi connectivity index (χ2n) is 5.82. The molecule has 1 aromatic heterocycles.